The predicted molar refractivity (Wildman–Crippen MR) is 139 cm³/mol. The van der Waals surface area contributed by atoms with E-state index in [4.69, 9.17) is 59.2 Å². The second kappa shape index (κ2) is 18.1. The molecule has 2 rings (SSSR count). The fourth-order valence-corrected chi connectivity index (χ4v) is 4.96. The molecule has 2 aliphatic rings. The maximum Gasteiger partial charge on any atom is 2.00 e. The van der Waals surface area contributed by atoms with Crippen molar-refractivity contribution in [1.29, 1.82) is 0 Å². The van der Waals surface area contributed by atoms with Crippen molar-refractivity contribution in [3.63, 3.8) is 0 Å². The molecule has 2 saturated heterocycles. The molecule has 0 aromatic rings. The van der Waals surface area contributed by atoms with Gasteiger partial charge in [-0.05, 0) is 25.7 Å². The van der Waals surface area contributed by atoms with Crippen LogP contribution in [0.5, 0.6) is 0 Å². The second-order valence-corrected chi connectivity index (χ2v) is 10.1. The molecule has 0 aromatic heterocycles. The number of ether oxygens (including phenoxy) is 2. The van der Waals surface area contributed by atoms with Gasteiger partial charge < -0.3 is 69.0 Å². The van der Waals surface area contributed by atoms with Gasteiger partial charge in [-0.3, -0.25) is 0 Å². The summed E-state index contributed by atoms with van der Waals surface area (Å²) in [6.07, 6.45) is 9.99. The molecular formula is C22H40N2O2S4Zn. The number of hydrogen-bond acceptors (Lipinski definition) is 6. The van der Waals surface area contributed by atoms with Crippen LogP contribution < -0.4 is 0 Å². The van der Waals surface area contributed by atoms with E-state index in [2.05, 4.69) is 37.5 Å². The van der Waals surface area contributed by atoms with E-state index in [1.807, 2.05) is 0 Å². The first-order valence-electron chi connectivity index (χ1n) is 11.6. The number of hydrogen-bond donors (Lipinski definition) is 0. The molecule has 4 nitrogen and oxygen atoms in total. The summed E-state index contributed by atoms with van der Waals surface area (Å²) >= 11 is 20.3. The molecule has 9 heteroatoms. The van der Waals surface area contributed by atoms with Gasteiger partial charge >= 0.3 is 19.5 Å². The molecule has 2 heterocycles. The monoisotopic (exact) mass is 556 g/mol. The van der Waals surface area contributed by atoms with Crippen LogP contribution in [0, 0.1) is 11.8 Å². The Balaban J connectivity index is 0.000000562. The Hall–Kier alpha value is 0.763. The second-order valence-electron chi connectivity index (χ2n) is 8.06. The minimum absolute atomic E-state index is 0. The summed E-state index contributed by atoms with van der Waals surface area (Å²) in [4.78, 5) is 4.13. The normalized spacial score (nSPS) is 22.3. The van der Waals surface area contributed by atoms with Crippen LogP contribution in [-0.2, 0) is 54.2 Å². The molecule has 2 aliphatic heterocycles. The van der Waals surface area contributed by atoms with E-state index in [0.717, 1.165) is 39.1 Å². The van der Waals surface area contributed by atoms with Gasteiger partial charge in [0.1, 0.15) is 12.5 Å². The molecule has 0 saturated carbocycles. The van der Waals surface area contributed by atoms with E-state index < -0.39 is 0 Å². The van der Waals surface area contributed by atoms with Gasteiger partial charge in [-0.25, -0.2) is 0 Å². The third-order valence-electron chi connectivity index (χ3n) is 6.04. The summed E-state index contributed by atoms with van der Waals surface area (Å²) in [5, 5.41) is 0. The Morgan fingerprint density at radius 2 is 1.16 bits per heavy atom. The van der Waals surface area contributed by atoms with Crippen LogP contribution in [-0.4, -0.2) is 57.2 Å². The Labute approximate surface area is 225 Å². The molecule has 2 fully saturated rings. The van der Waals surface area contributed by atoms with Crippen LogP contribution in [0.2, 0.25) is 0 Å². The van der Waals surface area contributed by atoms with Gasteiger partial charge in [0.15, 0.2) is 0 Å². The van der Waals surface area contributed by atoms with Gasteiger partial charge in [0.25, 0.3) is 0 Å². The summed E-state index contributed by atoms with van der Waals surface area (Å²) in [6, 6.07) is 0. The maximum absolute atomic E-state index is 5.75. The molecule has 0 aromatic carbocycles. The molecule has 4 unspecified atom stereocenters. The van der Waals surface area contributed by atoms with Crippen molar-refractivity contribution < 1.29 is 29.0 Å². The first kappa shape index (κ1) is 31.8. The predicted octanol–water partition coefficient (Wildman–Crippen LogP) is 5.38. The number of nitrogens with zero attached hydrogens (tertiary/aromatic N) is 2. The third-order valence-corrected chi connectivity index (χ3v) is 6.98. The smallest absolute Gasteiger partial charge is 0.411 e. The largest absolute Gasteiger partial charge is 2.00 e. The average Bonchev–Trinajstić information content (AvgIpc) is 3.40. The summed E-state index contributed by atoms with van der Waals surface area (Å²) < 4.78 is 12.6. The first-order chi connectivity index (χ1) is 14.4. The molecular weight excluding hydrogens is 518 g/mol. The van der Waals surface area contributed by atoms with Gasteiger partial charge in [0, 0.05) is 24.9 Å². The molecule has 0 radical (unpaired) electrons. The summed E-state index contributed by atoms with van der Waals surface area (Å²) in [7, 11) is 0. The van der Waals surface area contributed by atoms with Crippen LogP contribution >= 0.6 is 24.4 Å². The van der Waals surface area contributed by atoms with Crippen LogP contribution in [0.1, 0.15) is 79.1 Å². The maximum atomic E-state index is 5.75. The van der Waals surface area contributed by atoms with Crippen molar-refractivity contribution in [2.45, 2.75) is 91.5 Å². The number of unbranched alkanes of at least 4 members (excludes halogenated alkanes) is 2. The van der Waals surface area contributed by atoms with Crippen molar-refractivity contribution in [1.82, 2.24) is 9.80 Å². The van der Waals surface area contributed by atoms with Crippen molar-refractivity contribution in [2.24, 2.45) is 11.8 Å². The Kier molecular flexibility index (Phi) is 18.6. The van der Waals surface area contributed by atoms with E-state index in [1.165, 1.54) is 38.5 Å². The van der Waals surface area contributed by atoms with Gasteiger partial charge in [-0.1, -0.05) is 62.0 Å². The Bertz CT molecular complexity index is 472. The zero-order valence-corrected chi connectivity index (χ0v) is 26.1. The van der Waals surface area contributed by atoms with Crippen molar-refractivity contribution in [2.75, 3.05) is 26.3 Å². The topological polar surface area (TPSA) is 24.9 Å². The van der Waals surface area contributed by atoms with Gasteiger partial charge in [-0.15, -0.1) is 0 Å². The summed E-state index contributed by atoms with van der Waals surface area (Å²) in [5.41, 5.74) is 0. The van der Waals surface area contributed by atoms with Gasteiger partial charge in [-0.2, -0.15) is 0 Å². The Morgan fingerprint density at radius 1 is 0.806 bits per heavy atom. The minimum Gasteiger partial charge on any atom is -0.411 e. The third kappa shape index (κ3) is 10.7. The minimum atomic E-state index is 0. The number of rotatable bonds is 10. The zero-order chi connectivity index (χ0) is 22.5. The van der Waals surface area contributed by atoms with E-state index in [-0.39, 0.29) is 31.9 Å². The average molecular weight is 558 g/mol. The van der Waals surface area contributed by atoms with Crippen LogP contribution in [0.4, 0.5) is 0 Å². The quantitative estimate of drug-likeness (QED) is 0.200. The first-order valence-corrected chi connectivity index (χ1v) is 13.2. The van der Waals surface area contributed by atoms with E-state index >= 15 is 0 Å². The molecule has 4 atom stereocenters. The van der Waals surface area contributed by atoms with E-state index in [9.17, 15) is 0 Å². The van der Waals surface area contributed by atoms with Crippen molar-refractivity contribution >= 4 is 58.3 Å². The van der Waals surface area contributed by atoms with E-state index in [0.29, 0.717) is 20.5 Å². The molecule has 0 spiro atoms. The van der Waals surface area contributed by atoms with Crippen LogP contribution in [0.15, 0.2) is 0 Å². The van der Waals surface area contributed by atoms with Crippen LogP contribution in [0.3, 0.4) is 0 Å². The SMILES string of the molecule is CCCCC(CC)C1OCCN1C(=S)[S-].CCCCC(CC)C1OCCN1C(=S)[S-].[Zn+2]. The fraction of sp³-hybridized carbons (Fsp3) is 0.909. The molecule has 31 heavy (non-hydrogen) atoms. The Morgan fingerprint density at radius 3 is 1.42 bits per heavy atom. The van der Waals surface area contributed by atoms with Gasteiger partial charge in [0.2, 0.25) is 0 Å². The summed E-state index contributed by atoms with van der Waals surface area (Å²) in [5.74, 6) is 1.15. The zero-order valence-electron chi connectivity index (χ0n) is 19.8. The molecule has 0 aliphatic carbocycles. The molecule has 0 N–H and O–H groups in total. The van der Waals surface area contributed by atoms with Gasteiger partial charge in [0.05, 0.1) is 13.2 Å². The van der Waals surface area contributed by atoms with E-state index in [1.54, 1.807) is 0 Å². The fourth-order valence-electron chi connectivity index (χ4n) is 4.18. The molecule has 0 bridgehead atoms. The van der Waals surface area contributed by atoms with Crippen molar-refractivity contribution in [3.8, 4) is 0 Å². The molecule has 176 valence electrons. The van der Waals surface area contributed by atoms with Crippen LogP contribution in [0.25, 0.3) is 0 Å². The standard InChI is InChI=1S/2C11H21NOS2.Zn/c2*1-3-5-6-9(4-2)10-12(11(14)15)7-8-13-10;/h2*9-10H,3-8H2,1-2H3,(H,14,15);/q;;+2/p-2. The number of thiocarbonyl (C=S) groups is 2. The summed E-state index contributed by atoms with van der Waals surface area (Å²) in [6.45, 7) is 12.1. The molecule has 0 amide bonds. The van der Waals surface area contributed by atoms with Crippen molar-refractivity contribution in [3.05, 3.63) is 0 Å².